The number of carbonyl (C=O) groups is 2. The number of pyridine rings is 1. The van der Waals surface area contributed by atoms with Crippen LogP contribution in [-0.2, 0) is 25.5 Å². The van der Waals surface area contributed by atoms with Gasteiger partial charge in [0.1, 0.15) is 18.3 Å². The molecule has 1 aliphatic carbocycles. The predicted molar refractivity (Wildman–Crippen MR) is 131 cm³/mol. The molecule has 2 aromatic rings. The molecule has 1 heterocycles. The molecule has 0 unspecified atom stereocenters. The number of aryl methyl sites for hydroxylation is 1. The summed E-state index contributed by atoms with van der Waals surface area (Å²) in [4.78, 5) is 33.0. The molecule has 1 aromatic heterocycles. The van der Waals surface area contributed by atoms with E-state index in [0.717, 1.165) is 66.4 Å². The van der Waals surface area contributed by atoms with E-state index < -0.39 is 17.3 Å². The summed E-state index contributed by atoms with van der Waals surface area (Å²) in [5, 5.41) is 7.91. The van der Waals surface area contributed by atoms with E-state index in [2.05, 4.69) is 22.6 Å². The minimum absolute atomic E-state index is 0.294. The highest BCUT2D eigenvalue weighted by molar-refractivity contribution is 5.85. The number of ether oxygens (including phenoxy) is 2. The van der Waals surface area contributed by atoms with Gasteiger partial charge in [-0.2, -0.15) is 0 Å². The first-order valence-electron chi connectivity index (χ1n) is 11.7. The van der Waals surface area contributed by atoms with Gasteiger partial charge < -0.3 is 19.6 Å². The molecule has 1 aliphatic rings. The number of oxime groups is 1. The maximum atomic E-state index is 12.1. The molecule has 1 aromatic carbocycles. The number of rotatable bonds is 8. The lowest BCUT2D eigenvalue weighted by molar-refractivity contribution is -0.146. The number of nitrogens with one attached hydrogen (secondary N) is 1. The van der Waals surface area contributed by atoms with Gasteiger partial charge in [0.05, 0.1) is 23.0 Å². The van der Waals surface area contributed by atoms with Crippen LogP contribution in [0.15, 0.2) is 35.5 Å². The highest BCUT2D eigenvalue weighted by atomic mass is 16.6. The molecule has 1 atom stereocenters. The van der Waals surface area contributed by atoms with Gasteiger partial charge in [-0.3, -0.25) is 9.78 Å². The Morgan fingerprint density at radius 3 is 2.59 bits per heavy atom. The molecule has 34 heavy (non-hydrogen) atoms. The predicted octanol–water partition coefficient (Wildman–Crippen LogP) is 5.24. The fourth-order valence-corrected chi connectivity index (χ4v) is 4.25. The zero-order chi connectivity index (χ0) is 24.8. The topological polar surface area (TPSA) is 99.1 Å². The molecular formula is C26H35N3O5. The van der Waals surface area contributed by atoms with Crippen molar-refractivity contribution in [3.05, 3.63) is 41.6 Å². The molecule has 0 saturated heterocycles. The van der Waals surface area contributed by atoms with E-state index in [9.17, 15) is 9.59 Å². The van der Waals surface area contributed by atoms with Crippen molar-refractivity contribution in [2.24, 2.45) is 5.16 Å². The first-order chi connectivity index (χ1) is 16.1. The Balaban J connectivity index is 1.70. The maximum Gasteiger partial charge on any atom is 0.408 e. The second kappa shape index (κ2) is 10.8. The van der Waals surface area contributed by atoms with Crippen molar-refractivity contribution in [2.75, 3.05) is 7.11 Å². The Kier molecular flexibility index (Phi) is 8.12. The Morgan fingerprint density at radius 2 is 1.94 bits per heavy atom. The molecule has 0 spiro atoms. The van der Waals surface area contributed by atoms with Gasteiger partial charge >= 0.3 is 6.09 Å². The van der Waals surface area contributed by atoms with Crippen LogP contribution in [0.25, 0.3) is 10.9 Å². The van der Waals surface area contributed by atoms with Crippen LogP contribution < -0.4 is 5.32 Å². The van der Waals surface area contributed by atoms with Gasteiger partial charge in [0, 0.05) is 5.39 Å². The third-order valence-corrected chi connectivity index (χ3v) is 6.08. The molecule has 1 N–H and O–H groups in total. The van der Waals surface area contributed by atoms with E-state index in [1.54, 1.807) is 7.11 Å². The molecule has 8 heteroatoms. The second-order valence-corrected chi connectivity index (χ2v) is 9.87. The van der Waals surface area contributed by atoms with Gasteiger partial charge in [-0.25, -0.2) is 4.79 Å². The van der Waals surface area contributed by atoms with Gasteiger partial charge in [0.2, 0.25) is 0 Å². The van der Waals surface area contributed by atoms with Gasteiger partial charge in [-0.05, 0) is 83.9 Å². The summed E-state index contributed by atoms with van der Waals surface area (Å²) in [7, 11) is 1.55. The summed E-state index contributed by atoms with van der Waals surface area (Å²) in [6, 6.07) is 9.82. The van der Waals surface area contributed by atoms with Crippen LogP contribution in [0.3, 0.4) is 0 Å². The normalized spacial score (nSPS) is 19.3. The molecule has 0 aliphatic heterocycles. The highest BCUT2D eigenvalue weighted by Gasteiger charge is 2.35. The van der Waals surface area contributed by atoms with E-state index in [-0.39, 0.29) is 6.04 Å². The maximum absolute atomic E-state index is 12.1. The lowest BCUT2D eigenvalue weighted by Gasteiger charge is -2.35. The molecule has 1 fully saturated rings. The Labute approximate surface area is 201 Å². The van der Waals surface area contributed by atoms with Crippen molar-refractivity contribution in [3.8, 4) is 0 Å². The number of hydrogen-bond acceptors (Lipinski definition) is 7. The van der Waals surface area contributed by atoms with Crippen LogP contribution in [-0.4, -0.2) is 41.6 Å². The average Bonchev–Trinajstić information content (AvgIpc) is 2.78. The van der Waals surface area contributed by atoms with E-state index in [1.165, 1.54) is 0 Å². The van der Waals surface area contributed by atoms with Crippen LogP contribution in [0.4, 0.5) is 4.79 Å². The van der Waals surface area contributed by atoms with E-state index in [0.29, 0.717) is 6.47 Å². The number of fused-ring (bicyclic) bond motifs is 1. The van der Waals surface area contributed by atoms with Crippen molar-refractivity contribution in [2.45, 2.75) is 83.5 Å². The van der Waals surface area contributed by atoms with Crippen LogP contribution in [0.1, 0.15) is 77.1 Å². The van der Waals surface area contributed by atoms with Crippen molar-refractivity contribution >= 4 is 29.2 Å². The fourth-order valence-electron chi connectivity index (χ4n) is 4.25. The number of amides is 1. The minimum Gasteiger partial charge on any atom is -0.461 e. The first-order valence-corrected chi connectivity index (χ1v) is 11.7. The largest absolute Gasteiger partial charge is 0.461 e. The SMILES string of the molecule is CON=C1CCC(CCc2ccc3ccc([C@@H](C)NC(=O)OC(C)(C)C)nc3c2)(OC=O)CC1. The summed E-state index contributed by atoms with van der Waals surface area (Å²) < 4.78 is 10.9. The summed E-state index contributed by atoms with van der Waals surface area (Å²) >= 11 is 0. The molecule has 1 saturated carbocycles. The number of benzene rings is 1. The quantitative estimate of drug-likeness (QED) is 0.419. The summed E-state index contributed by atoms with van der Waals surface area (Å²) in [5.74, 6) is 0. The number of nitrogens with zero attached hydrogens (tertiary/aromatic N) is 2. The van der Waals surface area contributed by atoms with Crippen LogP contribution in [0.5, 0.6) is 0 Å². The second-order valence-electron chi connectivity index (χ2n) is 9.87. The standard InChI is InChI=1S/C26H35N3O5/c1-18(27-24(31)34-25(2,3)4)22-9-8-20-7-6-19(16-23(20)28-22)10-13-26(33-17-30)14-11-21(12-15-26)29-32-5/h6-9,16-18H,10-15H2,1-5H3,(H,27,31)/t18-,26?/m1/s1. The molecular weight excluding hydrogens is 434 g/mol. The van der Waals surface area contributed by atoms with Crippen LogP contribution >= 0.6 is 0 Å². The smallest absolute Gasteiger partial charge is 0.408 e. The zero-order valence-electron chi connectivity index (χ0n) is 20.7. The van der Waals surface area contributed by atoms with E-state index in [1.807, 2.05) is 45.9 Å². The molecule has 1 amide bonds. The molecule has 0 radical (unpaired) electrons. The van der Waals surface area contributed by atoms with Gasteiger partial charge in [-0.15, -0.1) is 0 Å². The molecule has 3 rings (SSSR count). The van der Waals surface area contributed by atoms with Crippen LogP contribution in [0, 0.1) is 0 Å². The van der Waals surface area contributed by atoms with Gasteiger partial charge in [0.15, 0.2) is 0 Å². The van der Waals surface area contributed by atoms with Crippen LogP contribution in [0.2, 0.25) is 0 Å². The molecule has 184 valence electrons. The zero-order valence-corrected chi connectivity index (χ0v) is 20.7. The summed E-state index contributed by atoms with van der Waals surface area (Å²) in [5.41, 5.74) is 2.70. The molecule has 0 bridgehead atoms. The minimum atomic E-state index is -0.559. The number of hydrogen-bond donors (Lipinski definition) is 1. The number of aromatic nitrogens is 1. The van der Waals surface area contributed by atoms with E-state index >= 15 is 0 Å². The fraction of sp³-hybridized carbons (Fsp3) is 0.538. The number of carbonyl (C=O) groups excluding carboxylic acids is 2. The third kappa shape index (κ3) is 6.92. The van der Waals surface area contributed by atoms with Gasteiger partial charge in [-0.1, -0.05) is 23.4 Å². The van der Waals surface area contributed by atoms with Crippen molar-refractivity contribution in [3.63, 3.8) is 0 Å². The Bertz CT molecular complexity index is 1030. The Morgan fingerprint density at radius 1 is 1.24 bits per heavy atom. The Hall–Kier alpha value is -3.16. The third-order valence-electron chi connectivity index (χ3n) is 6.08. The monoisotopic (exact) mass is 469 g/mol. The number of alkyl carbamates (subject to hydrolysis) is 1. The highest BCUT2D eigenvalue weighted by Crippen LogP contribution is 2.34. The summed E-state index contributed by atoms with van der Waals surface area (Å²) in [6.45, 7) is 7.93. The van der Waals surface area contributed by atoms with Crippen molar-refractivity contribution in [1.29, 1.82) is 0 Å². The average molecular weight is 470 g/mol. The van der Waals surface area contributed by atoms with Gasteiger partial charge in [0.25, 0.3) is 6.47 Å². The lowest BCUT2D eigenvalue weighted by Crippen LogP contribution is -2.37. The summed E-state index contributed by atoms with van der Waals surface area (Å²) in [6.07, 6.45) is 4.00. The van der Waals surface area contributed by atoms with E-state index in [4.69, 9.17) is 19.3 Å². The lowest BCUT2D eigenvalue weighted by atomic mass is 9.79. The first kappa shape index (κ1) is 25.5. The van der Waals surface area contributed by atoms with Crippen molar-refractivity contribution < 1.29 is 23.9 Å². The van der Waals surface area contributed by atoms with Crippen molar-refractivity contribution in [1.82, 2.24) is 10.3 Å². The molecule has 8 nitrogen and oxygen atoms in total.